The zero-order valence-corrected chi connectivity index (χ0v) is 11.4. The van der Waals surface area contributed by atoms with Gasteiger partial charge >= 0.3 is 0 Å². The van der Waals surface area contributed by atoms with Crippen LogP contribution >= 0.6 is 0 Å². The molecule has 0 aromatic carbocycles. The Kier molecular flexibility index (Phi) is 4.97. The fourth-order valence-electron chi connectivity index (χ4n) is 2.48. The van der Waals surface area contributed by atoms with Gasteiger partial charge in [0.05, 0.1) is 18.8 Å². The van der Waals surface area contributed by atoms with Crippen molar-refractivity contribution in [3.63, 3.8) is 0 Å². The van der Waals surface area contributed by atoms with Crippen molar-refractivity contribution in [2.75, 3.05) is 39.5 Å². The van der Waals surface area contributed by atoms with Crippen LogP contribution in [0.25, 0.3) is 0 Å². The average molecular weight is 256 g/mol. The number of nitrogens with one attached hydrogen (secondary N) is 1. The Morgan fingerprint density at radius 3 is 3.17 bits per heavy atom. The van der Waals surface area contributed by atoms with E-state index in [1.165, 1.54) is 0 Å². The van der Waals surface area contributed by atoms with E-state index in [0.717, 1.165) is 39.3 Å². The Morgan fingerprint density at radius 1 is 1.56 bits per heavy atom. The van der Waals surface area contributed by atoms with E-state index >= 15 is 0 Å². The third-order valence-corrected chi connectivity index (χ3v) is 3.41. The highest BCUT2D eigenvalue weighted by Gasteiger charge is 2.34. The molecule has 1 N–H and O–H groups in total. The van der Waals surface area contributed by atoms with Gasteiger partial charge in [0.1, 0.15) is 6.61 Å². The van der Waals surface area contributed by atoms with Crippen molar-refractivity contribution in [2.45, 2.75) is 32.4 Å². The van der Waals surface area contributed by atoms with Crippen LogP contribution in [-0.2, 0) is 14.3 Å². The number of amides is 1. The molecular formula is C13H24N2O3. The summed E-state index contributed by atoms with van der Waals surface area (Å²) < 4.78 is 11.1. The van der Waals surface area contributed by atoms with E-state index in [9.17, 15) is 4.79 Å². The maximum atomic E-state index is 11.3. The number of likely N-dealkylation sites (tertiary alicyclic amines) is 1. The Morgan fingerprint density at radius 2 is 2.39 bits per heavy atom. The molecule has 2 aliphatic heterocycles. The molecule has 0 unspecified atom stereocenters. The molecule has 5 heteroatoms. The number of rotatable bonds is 5. The largest absolute Gasteiger partial charge is 0.380 e. The van der Waals surface area contributed by atoms with E-state index in [2.05, 4.69) is 24.1 Å². The fourth-order valence-corrected chi connectivity index (χ4v) is 2.48. The third-order valence-electron chi connectivity index (χ3n) is 3.41. The number of fused-ring (bicyclic) bond motifs is 1. The van der Waals surface area contributed by atoms with Gasteiger partial charge < -0.3 is 14.8 Å². The van der Waals surface area contributed by atoms with Crippen molar-refractivity contribution in [1.82, 2.24) is 10.2 Å². The number of nitrogens with zero attached hydrogens (tertiary/aromatic N) is 1. The highest BCUT2D eigenvalue weighted by atomic mass is 16.5. The number of ether oxygens (including phenoxy) is 2. The minimum Gasteiger partial charge on any atom is -0.380 e. The van der Waals surface area contributed by atoms with Crippen LogP contribution in [0.5, 0.6) is 0 Å². The lowest BCUT2D eigenvalue weighted by molar-refractivity contribution is -0.140. The number of piperidine rings is 1. The molecule has 0 bridgehead atoms. The molecule has 104 valence electrons. The van der Waals surface area contributed by atoms with Gasteiger partial charge in [-0.2, -0.15) is 0 Å². The van der Waals surface area contributed by atoms with Gasteiger partial charge in [0.15, 0.2) is 0 Å². The van der Waals surface area contributed by atoms with Gasteiger partial charge in [0.25, 0.3) is 0 Å². The van der Waals surface area contributed by atoms with Crippen LogP contribution < -0.4 is 5.32 Å². The molecule has 2 saturated heterocycles. The summed E-state index contributed by atoms with van der Waals surface area (Å²) in [5, 5.41) is 3.01. The van der Waals surface area contributed by atoms with Crippen LogP contribution in [0.3, 0.4) is 0 Å². The maximum Gasteiger partial charge on any atom is 0.246 e. The van der Waals surface area contributed by atoms with E-state index < -0.39 is 0 Å². The van der Waals surface area contributed by atoms with Crippen LogP contribution in [0.4, 0.5) is 0 Å². The second-order valence-corrected chi connectivity index (χ2v) is 5.58. The molecule has 0 spiro atoms. The molecule has 5 nitrogen and oxygen atoms in total. The van der Waals surface area contributed by atoms with Crippen molar-refractivity contribution in [3.05, 3.63) is 0 Å². The Bertz CT molecular complexity index is 283. The summed E-state index contributed by atoms with van der Waals surface area (Å²) >= 11 is 0. The summed E-state index contributed by atoms with van der Waals surface area (Å²) in [6.45, 7) is 8.96. The van der Waals surface area contributed by atoms with Gasteiger partial charge in [-0.1, -0.05) is 13.8 Å². The summed E-state index contributed by atoms with van der Waals surface area (Å²) in [6, 6.07) is 0.157. The first kappa shape index (κ1) is 13.8. The van der Waals surface area contributed by atoms with E-state index in [-0.39, 0.29) is 24.7 Å². The topological polar surface area (TPSA) is 50.8 Å². The number of carbonyl (C=O) groups excluding carboxylic acids is 1. The normalized spacial score (nSPS) is 29.2. The van der Waals surface area contributed by atoms with Crippen LogP contribution in [0, 0.1) is 5.92 Å². The Hall–Kier alpha value is -0.650. The van der Waals surface area contributed by atoms with Crippen molar-refractivity contribution in [1.29, 1.82) is 0 Å². The monoisotopic (exact) mass is 256 g/mol. The fraction of sp³-hybridized carbons (Fsp3) is 0.923. The molecule has 1 amide bonds. The maximum absolute atomic E-state index is 11.3. The molecule has 0 saturated carbocycles. The van der Waals surface area contributed by atoms with Gasteiger partial charge in [-0.05, 0) is 12.3 Å². The molecule has 2 heterocycles. The van der Waals surface area contributed by atoms with E-state index in [1.807, 2.05) is 0 Å². The van der Waals surface area contributed by atoms with E-state index in [4.69, 9.17) is 9.47 Å². The molecule has 2 atom stereocenters. The summed E-state index contributed by atoms with van der Waals surface area (Å²) in [4.78, 5) is 13.6. The quantitative estimate of drug-likeness (QED) is 0.716. The smallest absolute Gasteiger partial charge is 0.246 e. The van der Waals surface area contributed by atoms with Crippen molar-refractivity contribution >= 4 is 5.91 Å². The molecule has 18 heavy (non-hydrogen) atoms. The predicted octanol–water partition coefficient (Wildman–Crippen LogP) is 0.248. The van der Waals surface area contributed by atoms with Crippen molar-refractivity contribution < 1.29 is 14.3 Å². The predicted molar refractivity (Wildman–Crippen MR) is 68.4 cm³/mol. The van der Waals surface area contributed by atoms with Crippen LogP contribution in [0.1, 0.15) is 20.3 Å². The minimum atomic E-state index is 0.00848. The number of morpholine rings is 1. The highest BCUT2D eigenvalue weighted by molar-refractivity contribution is 5.78. The molecular weight excluding hydrogens is 232 g/mol. The lowest BCUT2D eigenvalue weighted by atomic mass is 10.0. The second kappa shape index (κ2) is 6.50. The van der Waals surface area contributed by atoms with Gasteiger partial charge in [-0.15, -0.1) is 0 Å². The molecule has 0 aromatic heterocycles. The Labute approximate surface area is 109 Å². The zero-order valence-electron chi connectivity index (χ0n) is 11.4. The SMILES string of the molecule is CC(C)COCCN1CC[C@@H]2OCC(=O)N[C@H]2C1. The minimum absolute atomic E-state index is 0.00848. The summed E-state index contributed by atoms with van der Waals surface area (Å²) in [6.07, 6.45) is 1.20. The number of hydrogen-bond donors (Lipinski definition) is 1. The Balaban J connectivity index is 1.67. The summed E-state index contributed by atoms with van der Waals surface area (Å²) in [7, 11) is 0. The standard InChI is InChI=1S/C13H24N2O3/c1-10(2)8-17-6-5-15-4-3-12-11(7-15)14-13(16)9-18-12/h10-12H,3-9H2,1-2H3,(H,14,16)/t11-,12-/m0/s1. The van der Waals surface area contributed by atoms with Crippen LogP contribution in [0.2, 0.25) is 0 Å². The van der Waals surface area contributed by atoms with E-state index in [1.54, 1.807) is 0 Å². The molecule has 0 aliphatic carbocycles. The molecule has 2 rings (SSSR count). The molecule has 0 radical (unpaired) electrons. The average Bonchev–Trinajstić information content (AvgIpc) is 2.34. The first-order valence-corrected chi connectivity index (χ1v) is 6.86. The molecule has 0 aromatic rings. The van der Waals surface area contributed by atoms with Crippen molar-refractivity contribution in [2.24, 2.45) is 5.92 Å². The first-order valence-electron chi connectivity index (χ1n) is 6.86. The van der Waals surface area contributed by atoms with Gasteiger partial charge in [-0.3, -0.25) is 9.69 Å². The van der Waals surface area contributed by atoms with Crippen LogP contribution in [-0.4, -0.2) is 62.4 Å². The zero-order chi connectivity index (χ0) is 13.0. The highest BCUT2D eigenvalue weighted by Crippen LogP contribution is 2.17. The third kappa shape index (κ3) is 3.93. The van der Waals surface area contributed by atoms with Crippen LogP contribution in [0.15, 0.2) is 0 Å². The van der Waals surface area contributed by atoms with Crippen molar-refractivity contribution in [3.8, 4) is 0 Å². The number of hydrogen-bond acceptors (Lipinski definition) is 4. The van der Waals surface area contributed by atoms with Gasteiger partial charge in [0.2, 0.25) is 5.91 Å². The van der Waals surface area contributed by atoms with Gasteiger partial charge in [0, 0.05) is 26.2 Å². The summed E-state index contributed by atoms with van der Waals surface area (Å²) in [5.74, 6) is 0.593. The first-order chi connectivity index (χ1) is 8.65. The lowest BCUT2D eigenvalue weighted by Crippen LogP contribution is -2.60. The number of carbonyl (C=O) groups is 1. The van der Waals surface area contributed by atoms with Gasteiger partial charge in [-0.25, -0.2) is 0 Å². The molecule has 2 fully saturated rings. The lowest BCUT2D eigenvalue weighted by Gasteiger charge is -2.41. The van der Waals surface area contributed by atoms with E-state index in [0.29, 0.717) is 5.92 Å². The second-order valence-electron chi connectivity index (χ2n) is 5.58. The summed E-state index contributed by atoms with van der Waals surface area (Å²) in [5.41, 5.74) is 0. The molecule has 2 aliphatic rings.